The van der Waals surface area contributed by atoms with Crippen LogP contribution >= 0.6 is 0 Å². The van der Waals surface area contributed by atoms with Gasteiger partial charge in [-0.2, -0.15) is 18.2 Å². The van der Waals surface area contributed by atoms with E-state index < -0.39 is 30.4 Å². The second-order valence-corrected chi connectivity index (χ2v) is 3.85. The number of hydrogen-bond donors (Lipinski definition) is 2. The van der Waals surface area contributed by atoms with Gasteiger partial charge in [-0.25, -0.2) is 15.2 Å². The Bertz CT molecular complexity index is 406. The van der Waals surface area contributed by atoms with Crippen molar-refractivity contribution in [2.45, 2.75) is 26.1 Å². The van der Waals surface area contributed by atoms with Gasteiger partial charge in [0.25, 0.3) is 0 Å². The van der Waals surface area contributed by atoms with Gasteiger partial charge in [0.2, 0.25) is 5.95 Å². The summed E-state index contributed by atoms with van der Waals surface area (Å²) in [5.41, 5.74) is 2.05. The molecule has 102 valence electrons. The number of aromatic nitrogens is 2. The molecular formula is C9H13F4N5. The number of nitrogens with one attached hydrogen (secondary N) is 1. The van der Waals surface area contributed by atoms with Crippen LogP contribution in [0.4, 0.5) is 29.3 Å². The highest BCUT2D eigenvalue weighted by Crippen LogP contribution is 2.25. The second kappa shape index (κ2) is 5.34. The molecule has 0 saturated heterocycles. The van der Waals surface area contributed by atoms with Gasteiger partial charge in [0, 0.05) is 6.04 Å². The summed E-state index contributed by atoms with van der Waals surface area (Å²) in [5.74, 6) is 3.50. The average Bonchev–Trinajstić information content (AvgIpc) is 2.25. The van der Waals surface area contributed by atoms with Gasteiger partial charge >= 0.3 is 6.18 Å². The molecule has 0 spiro atoms. The van der Waals surface area contributed by atoms with Crippen molar-refractivity contribution in [3.05, 3.63) is 12.0 Å². The number of hydrogen-bond acceptors (Lipinski definition) is 5. The molecule has 0 fully saturated rings. The van der Waals surface area contributed by atoms with Gasteiger partial charge in [-0.1, -0.05) is 0 Å². The zero-order chi connectivity index (χ0) is 13.9. The number of nitrogens with zero attached hydrogens (tertiary/aromatic N) is 3. The molecule has 9 heteroatoms. The van der Waals surface area contributed by atoms with Gasteiger partial charge in [0.1, 0.15) is 6.54 Å². The van der Waals surface area contributed by atoms with Gasteiger partial charge in [-0.05, 0) is 13.8 Å². The highest BCUT2D eigenvalue weighted by atomic mass is 19.4. The Hall–Kier alpha value is -1.64. The maximum absolute atomic E-state index is 13.5. The van der Waals surface area contributed by atoms with E-state index in [4.69, 9.17) is 5.84 Å². The molecule has 0 atom stereocenters. The van der Waals surface area contributed by atoms with Crippen LogP contribution in [0, 0.1) is 5.82 Å². The molecule has 3 N–H and O–H groups in total. The smallest absolute Gasteiger partial charge is 0.342 e. The highest BCUT2D eigenvalue weighted by molar-refractivity contribution is 5.44. The summed E-state index contributed by atoms with van der Waals surface area (Å²) in [5, 5.41) is 0. The molecule has 0 saturated carbocycles. The lowest BCUT2D eigenvalue weighted by atomic mass is 10.3. The van der Waals surface area contributed by atoms with Crippen molar-refractivity contribution in [1.82, 2.24) is 9.97 Å². The fourth-order valence-electron chi connectivity index (χ4n) is 1.32. The molecular weight excluding hydrogens is 254 g/mol. The summed E-state index contributed by atoms with van der Waals surface area (Å²) in [6.45, 7) is 1.70. The van der Waals surface area contributed by atoms with Gasteiger partial charge in [0.15, 0.2) is 11.6 Å². The normalized spacial score (nSPS) is 11.8. The SMILES string of the molecule is CC(C)N(CC(F)(F)F)c1nc(NN)ncc1F. The van der Waals surface area contributed by atoms with E-state index >= 15 is 0 Å². The van der Waals surface area contributed by atoms with Gasteiger partial charge in [-0.3, -0.25) is 5.43 Å². The largest absolute Gasteiger partial charge is 0.405 e. The highest BCUT2D eigenvalue weighted by Gasteiger charge is 2.33. The molecule has 1 aromatic rings. The Morgan fingerprint density at radius 2 is 2.06 bits per heavy atom. The zero-order valence-electron chi connectivity index (χ0n) is 9.79. The number of nitrogen functional groups attached to an aromatic ring is 1. The van der Waals surface area contributed by atoms with Gasteiger partial charge in [-0.15, -0.1) is 0 Å². The Labute approximate surface area is 101 Å². The first-order valence-electron chi connectivity index (χ1n) is 5.07. The van der Waals surface area contributed by atoms with Crippen molar-refractivity contribution in [2.75, 3.05) is 16.9 Å². The van der Waals surface area contributed by atoms with Crippen LogP contribution in [0.1, 0.15) is 13.8 Å². The zero-order valence-corrected chi connectivity index (χ0v) is 9.79. The fraction of sp³-hybridized carbons (Fsp3) is 0.556. The van der Waals surface area contributed by atoms with Crippen molar-refractivity contribution in [1.29, 1.82) is 0 Å². The Morgan fingerprint density at radius 1 is 1.44 bits per heavy atom. The molecule has 1 aromatic heterocycles. The predicted molar refractivity (Wildman–Crippen MR) is 58.3 cm³/mol. The maximum Gasteiger partial charge on any atom is 0.405 e. The summed E-state index contributed by atoms with van der Waals surface area (Å²) in [6, 6.07) is -0.582. The molecule has 18 heavy (non-hydrogen) atoms. The number of hydrazine groups is 1. The van der Waals surface area contributed by atoms with Crippen molar-refractivity contribution in [3.8, 4) is 0 Å². The first-order valence-corrected chi connectivity index (χ1v) is 5.07. The van der Waals surface area contributed by atoms with Crippen molar-refractivity contribution in [2.24, 2.45) is 5.84 Å². The second-order valence-electron chi connectivity index (χ2n) is 3.85. The number of halogens is 4. The lowest BCUT2D eigenvalue weighted by molar-refractivity contribution is -0.120. The minimum atomic E-state index is -4.46. The lowest BCUT2D eigenvalue weighted by Gasteiger charge is -2.28. The van der Waals surface area contributed by atoms with E-state index in [9.17, 15) is 17.6 Å². The summed E-state index contributed by atoms with van der Waals surface area (Å²) in [6.07, 6.45) is -3.69. The fourth-order valence-corrected chi connectivity index (χ4v) is 1.32. The minimum Gasteiger partial charge on any atom is -0.342 e. The van der Waals surface area contributed by atoms with E-state index in [1.165, 1.54) is 13.8 Å². The molecule has 0 unspecified atom stereocenters. The first kappa shape index (κ1) is 14.4. The number of rotatable bonds is 4. The van der Waals surface area contributed by atoms with E-state index in [1.807, 2.05) is 0 Å². The predicted octanol–water partition coefficient (Wildman–Crippen LogP) is 1.68. The summed E-state index contributed by atoms with van der Waals surface area (Å²) in [7, 11) is 0. The number of nitrogens with two attached hydrogens (primary N) is 1. The summed E-state index contributed by atoms with van der Waals surface area (Å²) >= 11 is 0. The molecule has 0 bridgehead atoms. The molecule has 0 aliphatic heterocycles. The van der Waals surface area contributed by atoms with Gasteiger partial charge < -0.3 is 4.90 Å². The van der Waals surface area contributed by atoms with Crippen molar-refractivity contribution >= 4 is 11.8 Å². The minimum absolute atomic E-state index is 0.153. The monoisotopic (exact) mass is 267 g/mol. The molecule has 0 aliphatic rings. The van der Waals surface area contributed by atoms with Crippen LogP contribution < -0.4 is 16.2 Å². The molecule has 0 radical (unpaired) electrons. The van der Waals surface area contributed by atoms with Crippen LogP contribution in [0.3, 0.4) is 0 Å². The molecule has 0 amide bonds. The third kappa shape index (κ3) is 3.69. The molecule has 5 nitrogen and oxygen atoms in total. The van der Waals surface area contributed by atoms with Crippen LogP contribution in [-0.2, 0) is 0 Å². The number of anilines is 2. The Morgan fingerprint density at radius 3 is 2.50 bits per heavy atom. The standard InChI is InChI=1S/C9H13F4N5/c1-5(2)18(4-9(11,12)13)7-6(10)3-15-8(16-7)17-14/h3,5H,4,14H2,1-2H3,(H,15,16,17). The number of alkyl halides is 3. The van der Waals surface area contributed by atoms with Crippen LogP contribution in [0.25, 0.3) is 0 Å². The van der Waals surface area contributed by atoms with Crippen LogP contribution in [0.15, 0.2) is 6.20 Å². The van der Waals surface area contributed by atoms with E-state index in [0.717, 1.165) is 11.1 Å². The van der Waals surface area contributed by atoms with E-state index in [0.29, 0.717) is 0 Å². The third-order valence-electron chi connectivity index (χ3n) is 2.10. The van der Waals surface area contributed by atoms with Gasteiger partial charge in [0.05, 0.1) is 6.20 Å². The maximum atomic E-state index is 13.5. The van der Waals surface area contributed by atoms with E-state index in [-0.39, 0.29) is 5.95 Å². The van der Waals surface area contributed by atoms with E-state index in [2.05, 4.69) is 15.4 Å². The summed E-state index contributed by atoms with van der Waals surface area (Å²) in [4.78, 5) is 7.86. The quantitative estimate of drug-likeness (QED) is 0.493. The van der Waals surface area contributed by atoms with Crippen LogP contribution in [0.2, 0.25) is 0 Å². The molecule has 0 aromatic carbocycles. The Kier molecular flexibility index (Phi) is 4.28. The molecule has 0 aliphatic carbocycles. The first-order chi connectivity index (χ1) is 8.24. The van der Waals surface area contributed by atoms with Crippen molar-refractivity contribution < 1.29 is 17.6 Å². The Balaban J connectivity index is 3.12. The molecule has 1 rings (SSSR count). The van der Waals surface area contributed by atoms with Crippen LogP contribution in [-0.4, -0.2) is 28.7 Å². The third-order valence-corrected chi connectivity index (χ3v) is 2.10. The van der Waals surface area contributed by atoms with E-state index in [1.54, 1.807) is 0 Å². The lowest BCUT2D eigenvalue weighted by Crippen LogP contribution is -2.40. The van der Waals surface area contributed by atoms with Crippen molar-refractivity contribution in [3.63, 3.8) is 0 Å². The van der Waals surface area contributed by atoms with Crippen LogP contribution in [0.5, 0.6) is 0 Å². The molecule has 1 heterocycles. The average molecular weight is 267 g/mol. The topological polar surface area (TPSA) is 67.1 Å². The summed E-state index contributed by atoms with van der Waals surface area (Å²) < 4.78 is 50.7.